The summed E-state index contributed by atoms with van der Waals surface area (Å²) in [5.41, 5.74) is 6.40. The minimum Gasteiger partial charge on any atom is -0.257 e. The maximum Gasteiger partial charge on any atom is 0.0879 e. The minimum atomic E-state index is 0.609. The van der Waals surface area contributed by atoms with Crippen LogP contribution < -0.4 is 0 Å². The van der Waals surface area contributed by atoms with Crippen molar-refractivity contribution in [1.82, 2.24) is 9.97 Å². The van der Waals surface area contributed by atoms with Gasteiger partial charge in [0.15, 0.2) is 0 Å². The maximum absolute atomic E-state index is 4.80. The maximum atomic E-state index is 4.80. The number of aromatic nitrogens is 2. The average Bonchev–Trinajstić information content (AvgIpc) is 3.28. The van der Waals surface area contributed by atoms with E-state index in [0.717, 1.165) is 17.3 Å². The van der Waals surface area contributed by atoms with Gasteiger partial charge in [0.25, 0.3) is 0 Å². The topological polar surface area (TPSA) is 25.8 Å². The molecule has 0 saturated heterocycles. The molecule has 1 aromatic heterocycles. The highest BCUT2D eigenvalue weighted by atomic mass is 14.8. The zero-order valence-electron chi connectivity index (χ0n) is 15.0. The molecule has 21 heavy (non-hydrogen) atoms. The lowest BCUT2D eigenvalue weighted by atomic mass is 9.88. The molecule has 0 atom stereocenters. The highest BCUT2D eigenvalue weighted by Gasteiger charge is 2.31. The van der Waals surface area contributed by atoms with Crippen LogP contribution in [0.15, 0.2) is 11.8 Å². The first kappa shape index (κ1) is 17.9. The van der Waals surface area contributed by atoms with Crippen LogP contribution in [0.5, 0.6) is 0 Å². The fourth-order valence-electron chi connectivity index (χ4n) is 2.78. The average molecular weight is 288 g/mol. The van der Waals surface area contributed by atoms with Crippen molar-refractivity contribution in [3.8, 4) is 0 Å². The summed E-state index contributed by atoms with van der Waals surface area (Å²) >= 11 is 0. The van der Waals surface area contributed by atoms with E-state index < -0.39 is 0 Å². The van der Waals surface area contributed by atoms with E-state index in [2.05, 4.69) is 32.7 Å². The first-order valence-electron chi connectivity index (χ1n) is 8.58. The summed E-state index contributed by atoms with van der Waals surface area (Å²) in [6.07, 6.45) is 6.92. The van der Waals surface area contributed by atoms with Gasteiger partial charge in [-0.1, -0.05) is 46.6 Å². The molecule has 2 nitrogen and oxygen atoms in total. The predicted octanol–water partition coefficient (Wildman–Crippen LogP) is 5.74. The van der Waals surface area contributed by atoms with E-state index in [0.29, 0.717) is 5.92 Å². The van der Waals surface area contributed by atoms with Crippen molar-refractivity contribution in [1.29, 1.82) is 0 Å². The Hall–Kier alpha value is -1.18. The lowest BCUT2D eigenvalue weighted by Gasteiger charge is -2.19. The summed E-state index contributed by atoms with van der Waals surface area (Å²) in [5, 5.41) is 0. The van der Waals surface area contributed by atoms with E-state index in [9.17, 15) is 0 Å². The third-order valence-corrected chi connectivity index (χ3v) is 3.88. The molecular weight excluding hydrogens is 256 g/mol. The zero-order valence-corrected chi connectivity index (χ0v) is 15.0. The fraction of sp³-hybridized carbons (Fsp3) is 0.684. The second-order valence-corrected chi connectivity index (χ2v) is 6.06. The number of aryl methyl sites for hydroxylation is 2. The lowest BCUT2D eigenvalue weighted by molar-refractivity contribution is 0.697. The molecule has 0 aromatic carbocycles. The van der Waals surface area contributed by atoms with E-state index in [1.807, 2.05) is 27.0 Å². The molecule has 1 fully saturated rings. The molecule has 0 radical (unpaired) electrons. The number of hydrogen-bond acceptors (Lipinski definition) is 2. The van der Waals surface area contributed by atoms with Crippen LogP contribution in [0.3, 0.4) is 0 Å². The number of rotatable bonds is 5. The van der Waals surface area contributed by atoms with Gasteiger partial charge < -0.3 is 0 Å². The molecule has 2 rings (SSSR count). The normalized spacial score (nSPS) is 15.4. The van der Waals surface area contributed by atoms with E-state index >= 15 is 0 Å². The van der Waals surface area contributed by atoms with Gasteiger partial charge in [-0.05, 0) is 50.5 Å². The zero-order chi connectivity index (χ0) is 16.0. The van der Waals surface area contributed by atoms with E-state index in [1.54, 1.807) is 5.57 Å². The third kappa shape index (κ3) is 4.66. The molecule has 1 heterocycles. The monoisotopic (exact) mass is 288 g/mol. The van der Waals surface area contributed by atoms with Crippen molar-refractivity contribution < 1.29 is 0 Å². The Kier molecular flexibility index (Phi) is 7.07. The molecule has 1 saturated carbocycles. The second kappa shape index (κ2) is 8.31. The van der Waals surface area contributed by atoms with Gasteiger partial charge in [0.2, 0.25) is 0 Å². The Labute approximate surface area is 131 Å². The fourth-order valence-corrected chi connectivity index (χ4v) is 2.78. The molecular formula is C19H32N2. The Balaban J connectivity index is 0.00000106. The van der Waals surface area contributed by atoms with Crippen molar-refractivity contribution >= 4 is 5.57 Å². The van der Waals surface area contributed by atoms with Gasteiger partial charge >= 0.3 is 0 Å². The van der Waals surface area contributed by atoms with Crippen molar-refractivity contribution in [3.05, 3.63) is 28.9 Å². The molecule has 118 valence electrons. The largest absolute Gasteiger partial charge is 0.257 e. The third-order valence-electron chi connectivity index (χ3n) is 3.88. The van der Waals surface area contributed by atoms with Gasteiger partial charge in [0.05, 0.1) is 17.1 Å². The quantitative estimate of drug-likeness (QED) is 0.690. The summed E-state index contributed by atoms with van der Waals surface area (Å²) in [4.78, 5) is 9.31. The molecule has 1 aliphatic carbocycles. The molecule has 0 aliphatic heterocycles. The Morgan fingerprint density at radius 2 is 1.86 bits per heavy atom. The molecule has 0 spiro atoms. The summed E-state index contributed by atoms with van der Waals surface area (Å²) in [6.45, 7) is 15.0. The summed E-state index contributed by atoms with van der Waals surface area (Å²) in [7, 11) is 0. The van der Waals surface area contributed by atoms with Crippen LogP contribution in [-0.4, -0.2) is 9.97 Å². The van der Waals surface area contributed by atoms with Crippen LogP contribution in [0.2, 0.25) is 0 Å². The summed E-state index contributed by atoms with van der Waals surface area (Å²) in [5.74, 6) is 1.34. The van der Waals surface area contributed by atoms with E-state index in [1.165, 1.54) is 37.0 Å². The van der Waals surface area contributed by atoms with Crippen LogP contribution in [0.1, 0.15) is 77.4 Å². The van der Waals surface area contributed by atoms with Gasteiger partial charge in [0, 0.05) is 6.20 Å². The standard InChI is InChI=1S/C17H26N2.C2H6/c1-6-7-15(11(2)3)16(14-8-9-14)17-13(5)18-10-12(4)19-17;1-2/h10-11,14H,6-9H2,1-5H3;1-2H3/b16-15+;. The molecule has 0 amide bonds. The minimum absolute atomic E-state index is 0.609. The van der Waals surface area contributed by atoms with Crippen molar-refractivity contribution in [2.45, 2.75) is 74.1 Å². The van der Waals surface area contributed by atoms with Crippen molar-refractivity contribution in [2.75, 3.05) is 0 Å². The SMILES string of the molecule is CC.CCC/C(=C(\c1nc(C)cnc1C)C1CC1)C(C)C. The number of hydrogen-bond donors (Lipinski definition) is 0. The lowest BCUT2D eigenvalue weighted by Crippen LogP contribution is -2.06. The predicted molar refractivity (Wildman–Crippen MR) is 92.2 cm³/mol. The van der Waals surface area contributed by atoms with E-state index in [-0.39, 0.29) is 0 Å². The molecule has 0 bridgehead atoms. The van der Waals surface area contributed by atoms with Gasteiger partial charge in [0.1, 0.15) is 0 Å². The first-order valence-corrected chi connectivity index (χ1v) is 8.58. The smallest absolute Gasteiger partial charge is 0.0879 e. The second-order valence-electron chi connectivity index (χ2n) is 6.06. The highest BCUT2D eigenvalue weighted by Crippen LogP contribution is 2.45. The van der Waals surface area contributed by atoms with Gasteiger partial charge in [-0.25, -0.2) is 4.98 Å². The molecule has 2 heteroatoms. The van der Waals surface area contributed by atoms with Crippen LogP contribution >= 0.6 is 0 Å². The Bertz CT molecular complexity index is 482. The molecule has 0 N–H and O–H groups in total. The van der Waals surface area contributed by atoms with Gasteiger partial charge in [-0.3, -0.25) is 4.98 Å². The molecule has 1 aromatic rings. The molecule has 0 unspecified atom stereocenters. The first-order chi connectivity index (χ1) is 10.0. The van der Waals surface area contributed by atoms with Crippen LogP contribution in [-0.2, 0) is 0 Å². The highest BCUT2D eigenvalue weighted by molar-refractivity contribution is 5.71. The number of allylic oxidation sites excluding steroid dienone is 2. The van der Waals surface area contributed by atoms with Crippen LogP contribution in [0.4, 0.5) is 0 Å². The summed E-state index contributed by atoms with van der Waals surface area (Å²) in [6, 6.07) is 0. The Morgan fingerprint density at radius 3 is 2.33 bits per heavy atom. The molecule has 1 aliphatic rings. The van der Waals surface area contributed by atoms with Crippen molar-refractivity contribution in [2.24, 2.45) is 11.8 Å². The van der Waals surface area contributed by atoms with Crippen molar-refractivity contribution in [3.63, 3.8) is 0 Å². The van der Waals surface area contributed by atoms with Gasteiger partial charge in [-0.15, -0.1) is 0 Å². The van der Waals surface area contributed by atoms with Crippen LogP contribution in [0.25, 0.3) is 5.57 Å². The number of nitrogens with zero attached hydrogens (tertiary/aromatic N) is 2. The van der Waals surface area contributed by atoms with Gasteiger partial charge in [-0.2, -0.15) is 0 Å². The Morgan fingerprint density at radius 1 is 1.24 bits per heavy atom. The van der Waals surface area contributed by atoms with E-state index in [4.69, 9.17) is 4.98 Å². The summed E-state index contributed by atoms with van der Waals surface area (Å²) < 4.78 is 0. The van der Waals surface area contributed by atoms with Crippen LogP contribution in [0, 0.1) is 25.7 Å².